The first-order valence-electron chi connectivity index (χ1n) is 22.3. The highest BCUT2D eigenvalue weighted by Gasteiger charge is 2.51. The van der Waals surface area contributed by atoms with E-state index in [0.717, 1.165) is 33.4 Å². The third-order valence-electron chi connectivity index (χ3n) is 13.6. The largest absolute Gasteiger partial charge is 0.208 e. The van der Waals surface area contributed by atoms with Crippen molar-refractivity contribution in [2.75, 3.05) is 0 Å². The molecule has 1 aromatic heterocycles. The smallest absolute Gasteiger partial charge is 0.164 e. The van der Waals surface area contributed by atoms with E-state index >= 15 is 0 Å². The Bertz CT molecular complexity index is 3610. The van der Waals surface area contributed by atoms with Gasteiger partial charge in [0.2, 0.25) is 0 Å². The van der Waals surface area contributed by atoms with E-state index in [1.54, 1.807) is 0 Å². The van der Waals surface area contributed by atoms with Gasteiger partial charge in [-0.05, 0) is 101 Å². The second-order valence-corrected chi connectivity index (χ2v) is 17.1. The predicted octanol–water partition coefficient (Wildman–Crippen LogP) is 15.4. The third-order valence-corrected chi connectivity index (χ3v) is 13.6. The standard InChI is InChI=1S/C62H39N3/c1-2-17-42(18-3-1)59-63-60(43-36-34-41(35-37-43)49-28-14-19-40-16-4-5-24-48(40)49)65-61(64-59)47-23-13-21-45(39-47)44-20-12-22-46(38-44)50-29-15-33-57-58(50)53-27-8-11-32-56(53)62(57)54-30-9-6-25-51(54)52-26-7-10-31-55(52)62/h1-39H. The Balaban J connectivity index is 0.904. The lowest BCUT2D eigenvalue weighted by Gasteiger charge is -2.30. The van der Waals surface area contributed by atoms with E-state index in [-0.39, 0.29) is 5.41 Å². The van der Waals surface area contributed by atoms with Crippen LogP contribution in [0.2, 0.25) is 0 Å². The van der Waals surface area contributed by atoms with Crippen LogP contribution < -0.4 is 0 Å². The first-order valence-corrected chi connectivity index (χ1v) is 22.3. The molecule has 0 saturated heterocycles. The Morgan fingerprint density at radius 1 is 0.246 bits per heavy atom. The van der Waals surface area contributed by atoms with Gasteiger partial charge in [-0.2, -0.15) is 0 Å². The molecule has 1 spiro atoms. The molecule has 0 aliphatic heterocycles. The van der Waals surface area contributed by atoms with Crippen LogP contribution in [0.3, 0.4) is 0 Å². The molecule has 0 saturated carbocycles. The lowest BCUT2D eigenvalue weighted by molar-refractivity contribution is 0.794. The highest BCUT2D eigenvalue weighted by atomic mass is 15.0. The minimum absolute atomic E-state index is 0.387. The van der Waals surface area contributed by atoms with E-state index in [4.69, 9.17) is 15.0 Å². The fourth-order valence-electron chi connectivity index (χ4n) is 10.7. The molecule has 0 fully saturated rings. The molecule has 0 radical (unpaired) electrons. The van der Waals surface area contributed by atoms with Crippen LogP contribution in [-0.2, 0) is 5.41 Å². The lowest BCUT2D eigenvalue weighted by Crippen LogP contribution is -2.25. The molecule has 0 unspecified atom stereocenters. The summed E-state index contributed by atoms with van der Waals surface area (Å²) >= 11 is 0. The molecule has 2 aliphatic rings. The summed E-state index contributed by atoms with van der Waals surface area (Å²) in [6.07, 6.45) is 0. The van der Waals surface area contributed by atoms with Crippen molar-refractivity contribution in [3.8, 4) is 89.8 Å². The molecule has 11 aromatic rings. The Hall–Kier alpha value is -8.53. The first kappa shape index (κ1) is 37.1. The van der Waals surface area contributed by atoms with Gasteiger partial charge in [0.05, 0.1) is 5.41 Å². The van der Waals surface area contributed by atoms with Gasteiger partial charge in [0.25, 0.3) is 0 Å². The van der Waals surface area contributed by atoms with Gasteiger partial charge in [-0.3, -0.25) is 0 Å². The molecule has 1 heterocycles. The van der Waals surface area contributed by atoms with Crippen molar-refractivity contribution < 1.29 is 0 Å². The van der Waals surface area contributed by atoms with Gasteiger partial charge < -0.3 is 0 Å². The molecular formula is C62H39N3. The molecule has 0 atom stereocenters. The minimum Gasteiger partial charge on any atom is -0.208 e. The first-order chi connectivity index (χ1) is 32.2. The van der Waals surface area contributed by atoms with Crippen LogP contribution in [0, 0.1) is 0 Å². The Kier molecular flexibility index (Phi) is 8.44. The maximum atomic E-state index is 5.16. The molecular weight excluding hydrogens is 787 g/mol. The van der Waals surface area contributed by atoms with Crippen molar-refractivity contribution in [2.24, 2.45) is 0 Å². The summed E-state index contributed by atoms with van der Waals surface area (Å²) in [6.45, 7) is 0. The quantitative estimate of drug-likeness (QED) is 0.168. The summed E-state index contributed by atoms with van der Waals surface area (Å²) in [6, 6.07) is 85.3. The monoisotopic (exact) mass is 825 g/mol. The topological polar surface area (TPSA) is 38.7 Å². The maximum absolute atomic E-state index is 5.16. The number of rotatable bonds is 6. The Morgan fingerprint density at radius 2 is 0.662 bits per heavy atom. The molecule has 0 amide bonds. The van der Waals surface area contributed by atoms with E-state index in [0.29, 0.717) is 17.5 Å². The van der Waals surface area contributed by atoms with Crippen molar-refractivity contribution in [1.29, 1.82) is 0 Å². The number of hydrogen-bond acceptors (Lipinski definition) is 3. The summed E-state index contributed by atoms with van der Waals surface area (Å²) in [4.78, 5) is 15.3. The average molecular weight is 826 g/mol. The highest BCUT2D eigenvalue weighted by Crippen LogP contribution is 2.64. The summed E-state index contributed by atoms with van der Waals surface area (Å²) in [5, 5.41) is 2.46. The van der Waals surface area contributed by atoms with Gasteiger partial charge in [-0.15, -0.1) is 0 Å². The second kappa shape index (κ2) is 14.8. The Labute approximate surface area is 378 Å². The molecule has 0 bridgehead atoms. The van der Waals surface area contributed by atoms with Crippen LogP contribution in [0.25, 0.3) is 101 Å². The lowest BCUT2D eigenvalue weighted by atomic mass is 9.70. The molecule has 2 aliphatic carbocycles. The molecule has 0 N–H and O–H groups in total. The average Bonchev–Trinajstić information content (AvgIpc) is 3.86. The zero-order chi connectivity index (χ0) is 42.9. The third kappa shape index (κ3) is 5.79. The zero-order valence-corrected chi connectivity index (χ0v) is 35.4. The van der Waals surface area contributed by atoms with E-state index in [1.165, 1.54) is 72.0 Å². The Morgan fingerprint density at radius 3 is 1.37 bits per heavy atom. The highest BCUT2D eigenvalue weighted by molar-refractivity contribution is 6.00. The van der Waals surface area contributed by atoms with Crippen molar-refractivity contribution in [1.82, 2.24) is 15.0 Å². The second-order valence-electron chi connectivity index (χ2n) is 17.1. The van der Waals surface area contributed by atoms with Crippen LogP contribution in [-0.4, -0.2) is 15.0 Å². The molecule has 3 heteroatoms. The van der Waals surface area contributed by atoms with Crippen molar-refractivity contribution in [2.45, 2.75) is 5.41 Å². The number of aromatic nitrogens is 3. The van der Waals surface area contributed by atoms with Crippen LogP contribution in [0.15, 0.2) is 237 Å². The van der Waals surface area contributed by atoms with E-state index in [9.17, 15) is 0 Å². The van der Waals surface area contributed by atoms with Crippen LogP contribution in [0.4, 0.5) is 0 Å². The van der Waals surface area contributed by atoms with Crippen LogP contribution >= 0.6 is 0 Å². The van der Waals surface area contributed by atoms with Crippen molar-refractivity contribution in [3.63, 3.8) is 0 Å². The number of hydrogen-bond donors (Lipinski definition) is 0. The SMILES string of the molecule is c1ccc(-c2nc(-c3ccc(-c4cccc5ccccc45)cc3)nc(-c3cccc(-c4cccc(-c5cccc6c5-c5ccccc5C65c6ccccc6-c6ccccc65)c4)c3)n2)cc1. The van der Waals surface area contributed by atoms with Gasteiger partial charge in [0, 0.05) is 16.7 Å². The van der Waals surface area contributed by atoms with Gasteiger partial charge >= 0.3 is 0 Å². The summed E-state index contributed by atoms with van der Waals surface area (Å²) in [7, 11) is 0. The summed E-state index contributed by atoms with van der Waals surface area (Å²) in [5.74, 6) is 1.90. The molecule has 3 nitrogen and oxygen atoms in total. The number of benzene rings is 10. The van der Waals surface area contributed by atoms with Crippen molar-refractivity contribution in [3.05, 3.63) is 259 Å². The summed E-state index contributed by atoms with van der Waals surface area (Å²) < 4.78 is 0. The van der Waals surface area contributed by atoms with Gasteiger partial charge in [0.1, 0.15) is 0 Å². The van der Waals surface area contributed by atoms with Crippen molar-refractivity contribution >= 4 is 10.8 Å². The molecule has 65 heavy (non-hydrogen) atoms. The predicted molar refractivity (Wildman–Crippen MR) is 266 cm³/mol. The molecule has 10 aromatic carbocycles. The fraction of sp³-hybridized carbons (Fsp3) is 0.0161. The molecule has 13 rings (SSSR count). The normalized spacial score (nSPS) is 12.7. The van der Waals surface area contributed by atoms with E-state index < -0.39 is 0 Å². The van der Waals surface area contributed by atoms with Crippen LogP contribution in [0.5, 0.6) is 0 Å². The zero-order valence-electron chi connectivity index (χ0n) is 35.4. The molecule has 302 valence electrons. The minimum atomic E-state index is -0.387. The maximum Gasteiger partial charge on any atom is 0.164 e. The van der Waals surface area contributed by atoms with Crippen LogP contribution in [0.1, 0.15) is 22.3 Å². The van der Waals surface area contributed by atoms with E-state index in [1.807, 2.05) is 18.2 Å². The van der Waals surface area contributed by atoms with E-state index in [2.05, 4.69) is 218 Å². The number of fused-ring (bicyclic) bond motifs is 11. The van der Waals surface area contributed by atoms with Gasteiger partial charge in [-0.1, -0.05) is 224 Å². The summed E-state index contributed by atoms with van der Waals surface area (Å²) in [5.41, 5.74) is 20.0. The van der Waals surface area contributed by atoms with Gasteiger partial charge in [-0.25, -0.2) is 15.0 Å². The number of nitrogens with zero attached hydrogens (tertiary/aromatic N) is 3. The fourth-order valence-corrected chi connectivity index (χ4v) is 10.7. The van der Waals surface area contributed by atoms with Gasteiger partial charge in [0.15, 0.2) is 17.5 Å².